The normalized spacial score (nSPS) is 24.0. The summed E-state index contributed by atoms with van der Waals surface area (Å²) < 4.78 is 5.49. The molecule has 1 aromatic rings. The summed E-state index contributed by atoms with van der Waals surface area (Å²) in [6, 6.07) is 6.04. The molecule has 0 radical (unpaired) electrons. The van der Waals surface area contributed by atoms with Crippen LogP contribution in [-0.2, 0) is 4.74 Å². The van der Waals surface area contributed by atoms with Crippen LogP contribution in [-0.4, -0.2) is 51.3 Å². The molecule has 2 atom stereocenters. The smallest absolute Gasteiger partial charge is 0.321 e. The van der Waals surface area contributed by atoms with Crippen LogP contribution in [0.2, 0.25) is 0 Å². The maximum atomic E-state index is 12.6. The molecule has 2 saturated heterocycles. The van der Waals surface area contributed by atoms with Gasteiger partial charge in [-0.25, -0.2) is 4.79 Å². The molecular weight excluding hydrogens is 290 g/mol. The van der Waals surface area contributed by atoms with Crippen molar-refractivity contribution in [3.05, 3.63) is 23.8 Å². The zero-order valence-electron chi connectivity index (χ0n) is 14.3. The van der Waals surface area contributed by atoms with Gasteiger partial charge in [-0.05, 0) is 49.3 Å². The number of ether oxygens (including phenoxy) is 1. The van der Waals surface area contributed by atoms with E-state index in [1.54, 1.807) is 0 Å². The highest BCUT2D eigenvalue weighted by molar-refractivity contribution is 5.91. The fraction of sp³-hybridized carbons (Fsp3) is 0.611. The van der Waals surface area contributed by atoms with E-state index in [1.807, 2.05) is 38.1 Å². The zero-order chi connectivity index (χ0) is 16.4. The Hall–Kier alpha value is -1.75. The van der Waals surface area contributed by atoms with Gasteiger partial charge in [0, 0.05) is 51.8 Å². The average molecular weight is 317 g/mol. The summed E-state index contributed by atoms with van der Waals surface area (Å²) in [5, 5.41) is 3.09. The lowest BCUT2D eigenvalue weighted by Crippen LogP contribution is -2.34. The summed E-state index contributed by atoms with van der Waals surface area (Å²) in [6.45, 7) is 5.49. The minimum Gasteiger partial charge on any atom is -0.381 e. The van der Waals surface area contributed by atoms with Gasteiger partial charge in [0.2, 0.25) is 0 Å². The number of urea groups is 1. The third-order valence-corrected chi connectivity index (χ3v) is 5.17. The number of likely N-dealkylation sites (tertiary alicyclic amines) is 1. The molecule has 23 heavy (non-hydrogen) atoms. The highest BCUT2D eigenvalue weighted by Gasteiger charge is 2.33. The van der Waals surface area contributed by atoms with Crippen molar-refractivity contribution in [1.82, 2.24) is 4.90 Å². The van der Waals surface area contributed by atoms with Crippen molar-refractivity contribution in [2.24, 2.45) is 11.8 Å². The maximum Gasteiger partial charge on any atom is 0.321 e. The lowest BCUT2D eigenvalue weighted by atomic mass is 9.91. The van der Waals surface area contributed by atoms with Crippen LogP contribution in [0.1, 0.15) is 18.4 Å². The molecule has 0 unspecified atom stereocenters. The lowest BCUT2D eigenvalue weighted by Gasteiger charge is -2.22. The first-order valence-electron chi connectivity index (χ1n) is 8.47. The number of nitrogens with zero attached hydrogens (tertiary/aromatic N) is 2. The first-order valence-corrected chi connectivity index (χ1v) is 8.47. The van der Waals surface area contributed by atoms with Crippen molar-refractivity contribution in [1.29, 1.82) is 0 Å². The van der Waals surface area contributed by atoms with E-state index in [9.17, 15) is 4.79 Å². The molecule has 3 rings (SSSR count). The Morgan fingerprint density at radius 1 is 1.30 bits per heavy atom. The number of nitrogens with one attached hydrogen (secondary N) is 1. The average Bonchev–Trinajstić information content (AvgIpc) is 3.19. The molecule has 0 bridgehead atoms. The molecule has 2 aliphatic rings. The summed E-state index contributed by atoms with van der Waals surface area (Å²) in [5.74, 6) is 1.23. The zero-order valence-corrected chi connectivity index (χ0v) is 14.3. The summed E-state index contributed by atoms with van der Waals surface area (Å²) in [5.41, 5.74) is 3.13. The molecule has 5 nitrogen and oxygen atoms in total. The number of amides is 2. The first-order chi connectivity index (χ1) is 11.1. The number of hydrogen-bond acceptors (Lipinski definition) is 3. The molecule has 2 fully saturated rings. The number of benzene rings is 1. The second-order valence-corrected chi connectivity index (χ2v) is 6.89. The Bertz CT molecular complexity index is 567. The summed E-state index contributed by atoms with van der Waals surface area (Å²) in [7, 11) is 4.03. The molecule has 2 amide bonds. The maximum absolute atomic E-state index is 12.6. The molecule has 0 saturated carbocycles. The Balaban J connectivity index is 1.62. The van der Waals surface area contributed by atoms with Crippen LogP contribution in [0.5, 0.6) is 0 Å². The Morgan fingerprint density at radius 3 is 2.83 bits per heavy atom. The van der Waals surface area contributed by atoms with Crippen LogP contribution in [0.15, 0.2) is 18.2 Å². The van der Waals surface area contributed by atoms with Crippen LogP contribution >= 0.6 is 0 Å². The van der Waals surface area contributed by atoms with Crippen molar-refractivity contribution in [2.75, 3.05) is 50.6 Å². The fourth-order valence-corrected chi connectivity index (χ4v) is 3.72. The van der Waals surface area contributed by atoms with Gasteiger partial charge in [-0.1, -0.05) is 6.07 Å². The molecule has 5 heteroatoms. The second-order valence-electron chi connectivity index (χ2n) is 6.89. The topological polar surface area (TPSA) is 44.8 Å². The van der Waals surface area contributed by atoms with Crippen LogP contribution in [0.3, 0.4) is 0 Å². The predicted molar refractivity (Wildman–Crippen MR) is 93.1 cm³/mol. The molecule has 1 N–H and O–H groups in total. The molecule has 2 heterocycles. The van der Waals surface area contributed by atoms with Gasteiger partial charge in [0.05, 0.1) is 0 Å². The van der Waals surface area contributed by atoms with Gasteiger partial charge < -0.3 is 19.9 Å². The molecule has 2 aliphatic heterocycles. The predicted octanol–water partition coefficient (Wildman–Crippen LogP) is 2.95. The van der Waals surface area contributed by atoms with Crippen LogP contribution in [0.4, 0.5) is 16.2 Å². The van der Waals surface area contributed by atoms with Crippen molar-refractivity contribution in [3.8, 4) is 0 Å². The first kappa shape index (κ1) is 16.1. The van der Waals surface area contributed by atoms with Crippen molar-refractivity contribution < 1.29 is 9.53 Å². The molecule has 126 valence electrons. The summed E-state index contributed by atoms with van der Waals surface area (Å²) in [4.78, 5) is 16.6. The van der Waals surface area contributed by atoms with E-state index in [2.05, 4.69) is 16.3 Å². The molecule has 0 aliphatic carbocycles. The highest BCUT2D eigenvalue weighted by Crippen LogP contribution is 2.31. The van der Waals surface area contributed by atoms with Crippen LogP contribution < -0.4 is 10.2 Å². The number of carbonyl (C=O) groups excluding carboxylic acids is 1. The third kappa shape index (κ3) is 3.44. The van der Waals surface area contributed by atoms with E-state index in [0.717, 1.165) is 56.1 Å². The third-order valence-electron chi connectivity index (χ3n) is 5.17. The van der Waals surface area contributed by atoms with Gasteiger partial charge in [0.15, 0.2) is 0 Å². The summed E-state index contributed by atoms with van der Waals surface area (Å²) >= 11 is 0. The molecule has 1 aromatic carbocycles. The minimum atomic E-state index is 0.0189. The molecular formula is C18H27N3O2. The van der Waals surface area contributed by atoms with Gasteiger partial charge in [-0.15, -0.1) is 0 Å². The number of carbonyl (C=O) groups is 1. The van der Waals surface area contributed by atoms with E-state index in [1.165, 1.54) is 0 Å². The Kier molecular flexibility index (Phi) is 4.76. The van der Waals surface area contributed by atoms with Crippen molar-refractivity contribution >= 4 is 17.4 Å². The monoisotopic (exact) mass is 317 g/mol. The van der Waals surface area contributed by atoms with Crippen molar-refractivity contribution in [2.45, 2.75) is 19.8 Å². The largest absolute Gasteiger partial charge is 0.381 e. The number of rotatable bonds is 3. The van der Waals surface area contributed by atoms with E-state index >= 15 is 0 Å². The fourth-order valence-electron chi connectivity index (χ4n) is 3.72. The van der Waals surface area contributed by atoms with Crippen molar-refractivity contribution in [3.63, 3.8) is 0 Å². The van der Waals surface area contributed by atoms with Gasteiger partial charge in [-0.2, -0.15) is 0 Å². The van der Waals surface area contributed by atoms with Gasteiger partial charge >= 0.3 is 6.03 Å². The van der Waals surface area contributed by atoms with E-state index in [4.69, 9.17) is 4.74 Å². The SMILES string of the molecule is Cc1c(NC(=O)N2CC[C@H]([C@H]3CCOC3)C2)cccc1N(C)C. The van der Waals surface area contributed by atoms with E-state index < -0.39 is 0 Å². The van der Waals surface area contributed by atoms with Crippen LogP contribution in [0.25, 0.3) is 0 Å². The van der Waals surface area contributed by atoms with Gasteiger partial charge in [0.1, 0.15) is 0 Å². The standard InChI is InChI=1S/C18H27N3O2/c1-13-16(5-4-6-17(13)20(2)3)19-18(22)21-9-7-14(11-21)15-8-10-23-12-15/h4-6,14-15H,7-12H2,1-3H3,(H,19,22)/t14-,15-/m0/s1. The Labute approximate surface area is 138 Å². The molecule has 0 spiro atoms. The van der Waals surface area contributed by atoms with Gasteiger partial charge in [-0.3, -0.25) is 0 Å². The molecule has 0 aromatic heterocycles. The second kappa shape index (κ2) is 6.79. The number of hydrogen-bond donors (Lipinski definition) is 1. The van der Waals surface area contributed by atoms with E-state index in [0.29, 0.717) is 11.8 Å². The summed E-state index contributed by atoms with van der Waals surface area (Å²) in [6.07, 6.45) is 2.24. The van der Waals surface area contributed by atoms with E-state index in [-0.39, 0.29) is 6.03 Å². The lowest BCUT2D eigenvalue weighted by molar-refractivity contribution is 0.171. The quantitative estimate of drug-likeness (QED) is 0.932. The highest BCUT2D eigenvalue weighted by atomic mass is 16.5. The number of anilines is 2. The Morgan fingerprint density at radius 2 is 2.13 bits per heavy atom. The minimum absolute atomic E-state index is 0.0189. The van der Waals surface area contributed by atoms with Crippen LogP contribution in [0, 0.1) is 18.8 Å². The van der Waals surface area contributed by atoms with Gasteiger partial charge in [0.25, 0.3) is 0 Å².